The van der Waals surface area contributed by atoms with Crippen LogP contribution < -0.4 is 5.48 Å². The molecule has 112 valence electrons. The Kier molecular flexibility index (Phi) is 5.20. The maximum atomic E-state index is 11.3. The van der Waals surface area contributed by atoms with Crippen LogP contribution in [0.15, 0.2) is 0 Å². The second-order valence-corrected chi connectivity index (χ2v) is 5.20. The molecule has 1 rings (SSSR count). The van der Waals surface area contributed by atoms with Gasteiger partial charge in [-0.05, 0) is 20.8 Å². The van der Waals surface area contributed by atoms with Gasteiger partial charge < -0.3 is 9.47 Å². The van der Waals surface area contributed by atoms with Crippen LogP contribution in [0.1, 0.15) is 33.6 Å². The summed E-state index contributed by atoms with van der Waals surface area (Å²) in [5, 5.41) is 0. The SMILES string of the molecule is CC(C)(C)OC(=O)NOCC(=O)OC1C(=O)CCC1=O. The number of carbonyl (C=O) groups excluding carboxylic acids is 4. The number of nitrogens with one attached hydrogen (secondary N) is 1. The zero-order valence-electron chi connectivity index (χ0n) is 11.6. The van der Waals surface area contributed by atoms with Gasteiger partial charge in [0.15, 0.2) is 18.2 Å². The van der Waals surface area contributed by atoms with Crippen molar-refractivity contribution in [1.29, 1.82) is 0 Å². The van der Waals surface area contributed by atoms with Crippen molar-refractivity contribution in [2.45, 2.75) is 45.3 Å². The molecule has 0 atom stereocenters. The summed E-state index contributed by atoms with van der Waals surface area (Å²) in [7, 11) is 0. The Morgan fingerprint density at radius 1 is 1.20 bits per heavy atom. The average Bonchev–Trinajstić information content (AvgIpc) is 2.58. The van der Waals surface area contributed by atoms with Gasteiger partial charge in [-0.15, -0.1) is 0 Å². The van der Waals surface area contributed by atoms with E-state index in [4.69, 9.17) is 4.74 Å². The third kappa shape index (κ3) is 5.35. The molecule has 1 saturated carbocycles. The highest BCUT2D eigenvalue weighted by Gasteiger charge is 2.36. The molecule has 0 bridgehead atoms. The van der Waals surface area contributed by atoms with Crippen LogP contribution in [0.2, 0.25) is 0 Å². The summed E-state index contributed by atoms with van der Waals surface area (Å²) in [6, 6.07) is 0. The van der Waals surface area contributed by atoms with Gasteiger partial charge in [-0.25, -0.2) is 9.59 Å². The monoisotopic (exact) mass is 287 g/mol. The lowest BCUT2D eigenvalue weighted by molar-refractivity contribution is -0.163. The van der Waals surface area contributed by atoms with Gasteiger partial charge >= 0.3 is 12.1 Å². The smallest absolute Gasteiger partial charge is 0.431 e. The number of amides is 1. The molecule has 8 heteroatoms. The molecule has 0 saturated heterocycles. The van der Waals surface area contributed by atoms with E-state index in [1.54, 1.807) is 20.8 Å². The Balaban J connectivity index is 2.25. The van der Waals surface area contributed by atoms with Crippen molar-refractivity contribution in [1.82, 2.24) is 5.48 Å². The van der Waals surface area contributed by atoms with Crippen LogP contribution in [-0.4, -0.2) is 41.9 Å². The molecule has 1 N–H and O–H groups in total. The van der Waals surface area contributed by atoms with Crippen LogP contribution in [0, 0.1) is 0 Å². The quantitative estimate of drug-likeness (QED) is 0.449. The van der Waals surface area contributed by atoms with E-state index in [9.17, 15) is 19.2 Å². The first kappa shape index (κ1) is 16.1. The lowest BCUT2D eigenvalue weighted by atomic mass is 10.2. The van der Waals surface area contributed by atoms with E-state index in [0.29, 0.717) is 0 Å². The van der Waals surface area contributed by atoms with E-state index in [0.717, 1.165) is 0 Å². The molecule has 0 aromatic rings. The van der Waals surface area contributed by atoms with Crippen molar-refractivity contribution in [2.24, 2.45) is 0 Å². The minimum Gasteiger partial charge on any atom is -0.444 e. The highest BCUT2D eigenvalue weighted by atomic mass is 16.7. The summed E-state index contributed by atoms with van der Waals surface area (Å²) in [6.45, 7) is 4.37. The molecule has 1 aliphatic rings. The fourth-order valence-corrected chi connectivity index (χ4v) is 1.44. The first-order chi connectivity index (χ1) is 9.19. The summed E-state index contributed by atoms with van der Waals surface area (Å²) < 4.78 is 9.52. The van der Waals surface area contributed by atoms with E-state index in [1.807, 2.05) is 5.48 Å². The molecule has 0 radical (unpaired) electrons. The van der Waals surface area contributed by atoms with E-state index in [-0.39, 0.29) is 12.8 Å². The van der Waals surface area contributed by atoms with E-state index in [1.165, 1.54) is 0 Å². The van der Waals surface area contributed by atoms with Gasteiger partial charge in [0.2, 0.25) is 6.10 Å². The first-order valence-corrected chi connectivity index (χ1v) is 6.05. The lowest BCUT2D eigenvalue weighted by Gasteiger charge is -2.19. The number of rotatable bonds is 4. The summed E-state index contributed by atoms with van der Waals surface area (Å²) >= 11 is 0. The molecule has 0 aliphatic heterocycles. The Morgan fingerprint density at radius 2 is 1.75 bits per heavy atom. The fourth-order valence-electron chi connectivity index (χ4n) is 1.44. The maximum absolute atomic E-state index is 11.3. The van der Waals surface area contributed by atoms with Crippen molar-refractivity contribution in [3.05, 3.63) is 0 Å². The zero-order valence-corrected chi connectivity index (χ0v) is 11.6. The normalized spacial score (nSPS) is 16.1. The van der Waals surface area contributed by atoms with E-state index >= 15 is 0 Å². The summed E-state index contributed by atoms with van der Waals surface area (Å²) in [6.07, 6.45) is -2.05. The number of hydrogen-bond acceptors (Lipinski definition) is 7. The van der Waals surface area contributed by atoms with Gasteiger partial charge in [0.1, 0.15) is 5.60 Å². The third-order valence-corrected chi connectivity index (χ3v) is 2.20. The molecule has 1 amide bonds. The Morgan fingerprint density at radius 3 is 2.25 bits per heavy atom. The number of ketones is 2. The molecule has 0 unspecified atom stereocenters. The number of hydroxylamine groups is 1. The molecule has 0 heterocycles. The van der Waals surface area contributed by atoms with Crippen molar-refractivity contribution >= 4 is 23.6 Å². The second-order valence-electron chi connectivity index (χ2n) is 5.20. The zero-order chi connectivity index (χ0) is 15.3. The number of carbonyl (C=O) groups is 4. The van der Waals surface area contributed by atoms with Crippen molar-refractivity contribution in [3.63, 3.8) is 0 Å². The number of hydrogen-bond donors (Lipinski definition) is 1. The highest BCUT2D eigenvalue weighted by molar-refractivity contribution is 6.12. The van der Waals surface area contributed by atoms with Crippen LogP contribution in [0.25, 0.3) is 0 Å². The third-order valence-electron chi connectivity index (χ3n) is 2.20. The van der Waals surface area contributed by atoms with Crippen molar-refractivity contribution < 1.29 is 33.5 Å². The first-order valence-electron chi connectivity index (χ1n) is 6.05. The predicted molar refractivity (Wildman–Crippen MR) is 64.4 cm³/mol. The molecule has 0 spiro atoms. The Hall–Kier alpha value is -1.96. The molecule has 0 aromatic carbocycles. The van der Waals surface area contributed by atoms with Crippen LogP contribution >= 0.6 is 0 Å². The summed E-state index contributed by atoms with van der Waals surface area (Å²) in [5.41, 5.74) is 1.19. The minimum atomic E-state index is -1.34. The topological polar surface area (TPSA) is 108 Å². The van der Waals surface area contributed by atoms with Crippen LogP contribution in [0.5, 0.6) is 0 Å². The Labute approximate surface area is 115 Å². The molecule has 20 heavy (non-hydrogen) atoms. The maximum Gasteiger partial charge on any atom is 0.431 e. The largest absolute Gasteiger partial charge is 0.444 e. The van der Waals surface area contributed by atoms with Crippen LogP contribution in [0.4, 0.5) is 4.79 Å². The molecule has 0 aromatic heterocycles. The van der Waals surface area contributed by atoms with Gasteiger partial charge in [0, 0.05) is 12.8 Å². The molecular weight excluding hydrogens is 270 g/mol. The van der Waals surface area contributed by atoms with Gasteiger partial charge in [-0.2, -0.15) is 5.48 Å². The standard InChI is InChI=1S/C12H17NO7/c1-12(2,3)20-11(17)13-18-6-9(16)19-10-7(14)4-5-8(10)15/h10H,4-6H2,1-3H3,(H,13,17). The Bertz CT molecular complexity index is 408. The van der Waals surface area contributed by atoms with Gasteiger partial charge in [0.25, 0.3) is 0 Å². The molecular formula is C12H17NO7. The van der Waals surface area contributed by atoms with Gasteiger partial charge in [-0.3, -0.25) is 14.4 Å². The number of Topliss-reactive ketones (excluding diaryl/α,β-unsaturated/α-hetero) is 2. The predicted octanol–water partition coefficient (Wildman–Crippen LogP) is 0.286. The van der Waals surface area contributed by atoms with Gasteiger partial charge in [0.05, 0.1) is 0 Å². The van der Waals surface area contributed by atoms with E-state index < -0.39 is 41.9 Å². The van der Waals surface area contributed by atoms with Gasteiger partial charge in [-0.1, -0.05) is 0 Å². The second kappa shape index (κ2) is 6.47. The van der Waals surface area contributed by atoms with E-state index in [2.05, 4.69) is 9.57 Å². The fraction of sp³-hybridized carbons (Fsp3) is 0.667. The van der Waals surface area contributed by atoms with Crippen molar-refractivity contribution in [2.75, 3.05) is 6.61 Å². The van der Waals surface area contributed by atoms with Crippen molar-refractivity contribution in [3.8, 4) is 0 Å². The molecule has 1 aliphatic carbocycles. The van der Waals surface area contributed by atoms with Crippen LogP contribution in [0.3, 0.4) is 0 Å². The number of ether oxygens (including phenoxy) is 2. The molecule has 1 fully saturated rings. The number of esters is 1. The molecule has 8 nitrogen and oxygen atoms in total. The summed E-state index contributed by atoms with van der Waals surface area (Å²) in [4.78, 5) is 49.5. The lowest BCUT2D eigenvalue weighted by Crippen LogP contribution is -2.35. The average molecular weight is 287 g/mol. The minimum absolute atomic E-state index is 0.0772. The summed E-state index contributed by atoms with van der Waals surface area (Å²) in [5.74, 6) is -1.78. The van der Waals surface area contributed by atoms with Crippen LogP contribution in [-0.2, 0) is 28.7 Å². The highest BCUT2D eigenvalue weighted by Crippen LogP contribution is 2.14.